The Morgan fingerprint density at radius 1 is 1.50 bits per heavy atom. The summed E-state index contributed by atoms with van der Waals surface area (Å²) in [5.41, 5.74) is 9.01. The Labute approximate surface area is 82.6 Å². The molecule has 0 fully saturated rings. The summed E-state index contributed by atoms with van der Waals surface area (Å²) in [6, 6.07) is 5.40. The van der Waals surface area contributed by atoms with Crippen LogP contribution >= 0.6 is 0 Å². The van der Waals surface area contributed by atoms with E-state index in [-0.39, 0.29) is 5.91 Å². The number of carbonyl (C=O) groups excluding carboxylic acids is 1. The zero-order chi connectivity index (χ0) is 10.1. The van der Waals surface area contributed by atoms with Crippen LogP contribution in [0.25, 0.3) is 0 Å². The molecule has 0 unspecified atom stereocenters. The highest BCUT2D eigenvalue weighted by Crippen LogP contribution is 2.23. The van der Waals surface area contributed by atoms with Gasteiger partial charge in [0.25, 0.3) is 5.91 Å². The molecule has 2 rings (SSSR count). The van der Waals surface area contributed by atoms with Gasteiger partial charge in [0.1, 0.15) is 0 Å². The van der Waals surface area contributed by atoms with E-state index < -0.39 is 0 Å². The predicted octanol–water partition coefficient (Wildman–Crippen LogP) is 1.82. The molecular formula is C11H12N2O. The number of anilines is 1. The van der Waals surface area contributed by atoms with Crippen LogP contribution in [0.15, 0.2) is 23.2 Å². The summed E-state index contributed by atoms with van der Waals surface area (Å²) in [7, 11) is 0. The average molecular weight is 188 g/mol. The lowest BCUT2D eigenvalue weighted by Crippen LogP contribution is -2.17. The maximum atomic E-state index is 11.6. The zero-order valence-electron chi connectivity index (χ0n) is 8.08. The molecule has 0 aromatic heterocycles. The highest BCUT2D eigenvalue weighted by molar-refractivity contribution is 6.10. The van der Waals surface area contributed by atoms with Gasteiger partial charge in [0.2, 0.25) is 0 Å². The van der Waals surface area contributed by atoms with Gasteiger partial charge in [-0.2, -0.15) is 0 Å². The SMILES string of the molecule is CCC1=NC(=O)c2cccc(N)c2C1. The molecule has 3 nitrogen and oxygen atoms in total. The highest BCUT2D eigenvalue weighted by Gasteiger charge is 2.19. The number of fused-ring (bicyclic) bond motifs is 1. The van der Waals surface area contributed by atoms with Gasteiger partial charge in [-0.1, -0.05) is 13.0 Å². The van der Waals surface area contributed by atoms with Gasteiger partial charge in [0.05, 0.1) is 0 Å². The lowest BCUT2D eigenvalue weighted by Gasteiger charge is -2.15. The van der Waals surface area contributed by atoms with Crippen molar-refractivity contribution in [2.24, 2.45) is 4.99 Å². The van der Waals surface area contributed by atoms with E-state index in [2.05, 4.69) is 4.99 Å². The van der Waals surface area contributed by atoms with Gasteiger partial charge in [-0.3, -0.25) is 4.79 Å². The first kappa shape index (κ1) is 8.94. The van der Waals surface area contributed by atoms with Gasteiger partial charge < -0.3 is 5.73 Å². The Morgan fingerprint density at radius 2 is 2.29 bits per heavy atom. The van der Waals surface area contributed by atoms with Crippen LogP contribution in [0.3, 0.4) is 0 Å². The maximum absolute atomic E-state index is 11.6. The fraction of sp³-hybridized carbons (Fsp3) is 0.273. The van der Waals surface area contributed by atoms with Crippen molar-refractivity contribution in [1.29, 1.82) is 0 Å². The summed E-state index contributed by atoms with van der Waals surface area (Å²) in [6.07, 6.45) is 1.52. The molecule has 0 atom stereocenters. The normalized spacial score (nSPS) is 14.9. The predicted molar refractivity (Wildman–Crippen MR) is 56.6 cm³/mol. The van der Waals surface area contributed by atoms with E-state index in [1.165, 1.54) is 0 Å². The molecule has 1 aliphatic rings. The fourth-order valence-electron chi connectivity index (χ4n) is 1.65. The summed E-state index contributed by atoms with van der Waals surface area (Å²) in [4.78, 5) is 15.6. The molecule has 0 spiro atoms. The van der Waals surface area contributed by atoms with Gasteiger partial charge in [0, 0.05) is 23.4 Å². The number of nitrogens with two attached hydrogens (primary N) is 1. The number of carbonyl (C=O) groups is 1. The number of nitrogen functional groups attached to an aromatic ring is 1. The van der Waals surface area contributed by atoms with Crippen molar-refractivity contribution < 1.29 is 4.79 Å². The molecule has 1 heterocycles. The molecule has 14 heavy (non-hydrogen) atoms. The van der Waals surface area contributed by atoms with Crippen molar-refractivity contribution in [3.63, 3.8) is 0 Å². The molecule has 72 valence electrons. The van der Waals surface area contributed by atoms with Crippen LogP contribution in [-0.2, 0) is 6.42 Å². The molecule has 1 aromatic carbocycles. The Bertz CT molecular complexity index is 421. The van der Waals surface area contributed by atoms with Crippen molar-refractivity contribution in [3.8, 4) is 0 Å². The van der Waals surface area contributed by atoms with Crippen LogP contribution in [0, 0.1) is 0 Å². The van der Waals surface area contributed by atoms with E-state index in [1.807, 2.05) is 13.0 Å². The van der Waals surface area contributed by atoms with Crippen molar-refractivity contribution in [2.45, 2.75) is 19.8 Å². The Hall–Kier alpha value is -1.64. The molecule has 0 saturated heterocycles. The first-order valence-electron chi connectivity index (χ1n) is 4.70. The summed E-state index contributed by atoms with van der Waals surface area (Å²) in [5.74, 6) is -0.157. The van der Waals surface area contributed by atoms with E-state index in [0.717, 1.165) is 17.7 Å². The summed E-state index contributed by atoms with van der Waals surface area (Å²) < 4.78 is 0. The number of benzene rings is 1. The summed E-state index contributed by atoms with van der Waals surface area (Å²) in [5, 5.41) is 0. The van der Waals surface area contributed by atoms with Crippen LogP contribution in [0.4, 0.5) is 5.69 Å². The van der Waals surface area contributed by atoms with Gasteiger partial charge >= 0.3 is 0 Å². The standard InChI is InChI=1S/C11H12N2O/c1-2-7-6-9-8(11(14)13-7)4-3-5-10(9)12/h3-5H,2,6,12H2,1H3. The van der Waals surface area contributed by atoms with E-state index in [4.69, 9.17) is 5.73 Å². The van der Waals surface area contributed by atoms with Crippen LogP contribution in [-0.4, -0.2) is 11.6 Å². The van der Waals surface area contributed by atoms with Crippen molar-refractivity contribution in [3.05, 3.63) is 29.3 Å². The van der Waals surface area contributed by atoms with Gasteiger partial charge in [-0.25, -0.2) is 4.99 Å². The summed E-state index contributed by atoms with van der Waals surface area (Å²) in [6.45, 7) is 2.00. The molecule has 1 aliphatic heterocycles. The first-order chi connectivity index (χ1) is 6.72. The molecule has 0 aliphatic carbocycles. The Kier molecular flexibility index (Phi) is 2.08. The molecule has 0 radical (unpaired) electrons. The van der Waals surface area contributed by atoms with E-state index in [9.17, 15) is 4.79 Å². The minimum Gasteiger partial charge on any atom is -0.398 e. The molecule has 2 N–H and O–H groups in total. The van der Waals surface area contributed by atoms with Gasteiger partial charge in [0.15, 0.2) is 0 Å². The molecule has 3 heteroatoms. The maximum Gasteiger partial charge on any atom is 0.277 e. The molecule has 1 amide bonds. The van der Waals surface area contributed by atoms with Crippen LogP contribution < -0.4 is 5.73 Å². The van der Waals surface area contributed by atoms with Gasteiger partial charge in [-0.15, -0.1) is 0 Å². The monoisotopic (exact) mass is 188 g/mol. The van der Waals surface area contributed by atoms with Crippen LogP contribution in [0.1, 0.15) is 29.3 Å². The van der Waals surface area contributed by atoms with Crippen LogP contribution in [0.5, 0.6) is 0 Å². The minimum atomic E-state index is -0.157. The second-order valence-electron chi connectivity index (χ2n) is 3.39. The lowest BCUT2D eigenvalue weighted by molar-refractivity contribution is 0.1000. The molecule has 0 bridgehead atoms. The third kappa shape index (κ3) is 1.31. The third-order valence-corrected chi connectivity index (χ3v) is 2.49. The molecule has 0 saturated carbocycles. The average Bonchev–Trinajstić information content (AvgIpc) is 2.19. The molecular weight excluding hydrogens is 176 g/mol. The number of hydrogen-bond donors (Lipinski definition) is 1. The largest absolute Gasteiger partial charge is 0.398 e. The second-order valence-corrected chi connectivity index (χ2v) is 3.39. The van der Waals surface area contributed by atoms with E-state index >= 15 is 0 Å². The third-order valence-electron chi connectivity index (χ3n) is 2.49. The van der Waals surface area contributed by atoms with Gasteiger partial charge in [-0.05, 0) is 24.1 Å². The molecule has 1 aromatic rings. The Balaban J connectivity index is 2.53. The fourth-order valence-corrected chi connectivity index (χ4v) is 1.65. The number of amides is 1. The quantitative estimate of drug-likeness (QED) is 0.683. The number of rotatable bonds is 1. The van der Waals surface area contributed by atoms with Crippen molar-refractivity contribution >= 4 is 17.3 Å². The van der Waals surface area contributed by atoms with Crippen LogP contribution in [0.2, 0.25) is 0 Å². The van der Waals surface area contributed by atoms with Crippen molar-refractivity contribution in [2.75, 3.05) is 5.73 Å². The van der Waals surface area contributed by atoms with E-state index in [1.54, 1.807) is 12.1 Å². The number of nitrogens with zero attached hydrogens (tertiary/aromatic N) is 1. The Morgan fingerprint density at radius 3 is 3.00 bits per heavy atom. The topological polar surface area (TPSA) is 55.5 Å². The summed E-state index contributed by atoms with van der Waals surface area (Å²) >= 11 is 0. The highest BCUT2D eigenvalue weighted by atomic mass is 16.1. The smallest absolute Gasteiger partial charge is 0.277 e. The number of hydrogen-bond acceptors (Lipinski definition) is 2. The van der Waals surface area contributed by atoms with E-state index in [0.29, 0.717) is 17.7 Å². The minimum absolute atomic E-state index is 0.157. The first-order valence-corrected chi connectivity index (χ1v) is 4.70. The zero-order valence-corrected chi connectivity index (χ0v) is 8.08. The number of aliphatic imine (C=N–C) groups is 1. The lowest BCUT2D eigenvalue weighted by atomic mass is 9.96. The van der Waals surface area contributed by atoms with Crippen molar-refractivity contribution in [1.82, 2.24) is 0 Å². The second kappa shape index (κ2) is 3.25.